The van der Waals surface area contributed by atoms with E-state index >= 15 is 0 Å². The van der Waals surface area contributed by atoms with E-state index in [0.29, 0.717) is 23.3 Å². The molecule has 4 aromatic rings. The first-order valence-corrected chi connectivity index (χ1v) is 12.0. The van der Waals surface area contributed by atoms with E-state index in [0.717, 1.165) is 22.0 Å². The van der Waals surface area contributed by atoms with Gasteiger partial charge in [0, 0.05) is 41.3 Å². The molecule has 192 valence electrons. The zero-order valence-corrected chi connectivity index (χ0v) is 20.8. The maximum Gasteiger partial charge on any atom is 0.295 e. The molecule has 1 atom stereocenters. The third-order valence-electron chi connectivity index (χ3n) is 6.86. The van der Waals surface area contributed by atoms with Crippen molar-refractivity contribution in [2.24, 2.45) is 0 Å². The Hall–Kier alpha value is -4.92. The molecule has 38 heavy (non-hydrogen) atoms. The predicted molar refractivity (Wildman–Crippen MR) is 142 cm³/mol. The van der Waals surface area contributed by atoms with Gasteiger partial charge in [-0.1, -0.05) is 42.0 Å². The number of methoxy groups -OCH3 is 1. The molecule has 0 aliphatic carbocycles. The topological polar surface area (TPSA) is 126 Å². The number of aliphatic hydroxyl groups is 1. The molecule has 1 saturated heterocycles. The van der Waals surface area contributed by atoms with Crippen molar-refractivity contribution in [3.63, 3.8) is 0 Å². The lowest BCUT2D eigenvalue weighted by Crippen LogP contribution is -2.31. The Kier molecular flexibility index (Phi) is 6.42. The van der Waals surface area contributed by atoms with Crippen molar-refractivity contribution in [1.82, 2.24) is 9.88 Å². The standard InChI is InChI=1S/C29H25N3O6/c1-17-6-8-18(9-7-17)27(33)25-26(19-4-3-5-21(14-19)32(36)37)31(29(35)28(25)34)13-12-20-16-30-24-11-10-22(38-2)15-23(20)24/h3-11,14-16,26,30,33H,12-13H2,1-2H3/t26-/m1/s1. The van der Waals surface area contributed by atoms with Crippen LogP contribution in [0.15, 0.2) is 78.5 Å². The number of aromatic amines is 1. The van der Waals surface area contributed by atoms with Crippen LogP contribution in [0, 0.1) is 17.0 Å². The predicted octanol–water partition coefficient (Wildman–Crippen LogP) is 5.06. The van der Waals surface area contributed by atoms with Gasteiger partial charge in [0.15, 0.2) is 0 Å². The third-order valence-corrected chi connectivity index (χ3v) is 6.86. The summed E-state index contributed by atoms with van der Waals surface area (Å²) in [6.07, 6.45) is 2.24. The quantitative estimate of drug-likeness (QED) is 0.117. The molecule has 3 aromatic carbocycles. The Bertz CT molecular complexity index is 1600. The first kappa shape index (κ1) is 24.8. The molecule has 0 unspecified atom stereocenters. The van der Waals surface area contributed by atoms with Crippen LogP contribution < -0.4 is 4.74 Å². The second-order valence-electron chi connectivity index (χ2n) is 9.19. The number of aliphatic hydroxyl groups excluding tert-OH is 1. The zero-order valence-electron chi connectivity index (χ0n) is 20.8. The smallest absolute Gasteiger partial charge is 0.295 e. The summed E-state index contributed by atoms with van der Waals surface area (Å²) in [6.45, 7) is 2.04. The molecule has 1 aliphatic heterocycles. The Morgan fingerprint density at radius 1 is 1.11 bits per heavy atom. The highest BCUT2D eigenvalue weighted by molar-refractivity contribution is 6.46. The largest absolute Gasteiger partial charge is 0.507 e. The molecule has 9 heteroatoms. The number of aryl methyl sites for hydroxylation is 1. The van der Waals surface area contributed by atoms with E-state index in [1.807, 2.05) is 31.3 Å². The number of Topliss-reactive ketones (excluding diaryl/α,β-unsaturated/α-hetero) is 1. The van der Waals surface area contributed by atoms with Crippen molar-refractivity contribution in [2.45, 2.75) is 19.4 Å². The molecule has 1 aliphatic rings. The number of aromatic nitrogens is 1. The number of nitro benzene ring substituents is 1. The molecule has 9 nitrogen and oxygen atoms in total. The number of nitrogens with one attached hydrogen (secondary N) is 1. The van der Waals surface area contributed by atoms with Crippen molar-refractivity contribution in [1.29, 1.82) is 0 Å². The minimum absolute atomic E-state index is 0.0973. The average molecular weight is 512 g/mol. The van der Waals surface area contributed by atoms with Gasteiger partial charge in [0.25, 0.3) is 17.4 Å². The highest BCUT2D eigenvalue weighted by Gasteiger charge is 2.46. The number of nitrogens with zero attached hydrogens (tertiary/aromatic N) is 2. The van der Waals surface area contributed by atoms with E-state index in [9.17, 15) is 24.8 Å². The summed E-state index contributed by atoms with van der Waals surface area (Å²) < 4.78 is 5.34. The summed E-state index contributed by atoms with van der Waals surface area (Å²) >= 11 is 0. The number of hydrogen-bond donors (Lipinski definition) is 2. The van der Waals surface area contributed by atoms with Crippen LogP contribution in [0.1, 0.15) is 28.3 Å². The lowest BCUT2D eigenvalue weighted by molar-refractivity contribution is -0.384. The van der Waals surface area contributed by atoms with Gasteiger partial charge < -0.3 is 19.7 Å². The maximum absolute atomic E-state index is 13.3. The molecule has 0 saturated carbocycles. The molecule has 0 spiro atoms. The fourth-order valence-corrected chi connectivity index (χ4v) is 4.86. The fourth-order valence-electron chi connectivity index (χ4n) is 4.86. The summed E-state index contributed by atoms with van der Waals surface area (Å²) in [5.74, 6) is -1.24. The second-order valence-corrected chi connectivity index (χ2v) is 9.19. The van der Waals surface area contributed by atoms with Gasteiger partial charge in [-0.15, -0.1) is 0 Å². The molecular weight excluding hydrogens is 486 g/mol. The van der Waals surface area contributed by atoms with Gasteiger partial charge in [-0.05, 0) is 42.7 Å². The van der Waals surface area contributed by atoms with Crippen LogP contribution in [0.3, 0.4) is 0 Å². The average Bonchev–Trinajstić information content (AvgIpc) is 3.44. The molecule has 0 radical (unpaired) electrons. The number of fused-ring (bicyclic) bond motifs is 1. The summed E-state index contributed by atoms with van der Waals surface area (Å²) in [5.41, 5.74) is 3.26. The van der Waals surface area contributed by atoms with Crippen LogP contribution in [0.4, 0.5) is 5.69 Å². The van der Waals surface area contributed by atoms with Crippen LogP contribution >= 0.6 is 0 Å². The minimum atomic E-state index is -0.990. The SMILES string of the molecule is COc1ccc2[nH]cc(CCN3C(=O)C(=O)C(=C(O)c4ccc(C)cc4)[C@H]3c3cccc([N+](=O)[O-])c3)c2c1. The number of ketones is 1. The van der Waals surface area contributed by atoms with E-state index in [2.05, 4.69) is 4.98 Å². The number of carbonyl (C=O) groups excluding carboxylic acids is 2. The fraction of sp³-hybridized carbons (Fsp3) is 0.172. The van der Waals surface area contributed by atoms with E-state index < -0.39 is 22.7 Å². The molecule has 1 fully saturated rings. The number of amides is 1. The number of nitro groups is 1. The molecule has 1 amide bonds. The Morgan fingerprint density at radius 2 is 1.87 bits per heavy atom. The van der Waals surface area contributed by atoms with Gasteiger partial charge in [0.05, 0.1) is 23.6 Å². The minimum Gasteiger partial charge on any atom is -0.507 e. The van der Waals surface area contributed by atoms with Crippen LogP contribution in [-0.4, -0.2) is 45.3 Å². The van der Waals surface area contributed by atoms with Gasteiger partial charge in [-0.2, -0.15) is 0 Å². The number of non-ortho nitro benzene ring substituents is 1. The monoisotopic (exact) mass is 511 g/mol. The van der Waals surface area contributed by atoms with Crippen molar-refractivity contribution in [3.05, 3.63) is 111 Å². The van der Waals surface area contributed by atoms with E-state index in [-0.39, 0.29) is 23.6 Å². The summed E-state index contributed by atoms with van der Waals surface area (Å²) in [7, 11) is 1.58. The Morgan fingerprint density at radius 3 is 2.58 bits per heavy atom. The molecular formula is C29H25N3O6. The van der Waals surface area contributed by atoms with Gasteiger partial charge in [-0.25, -0.2) is 0 Å². The highest BCUT2D eigenvalue weighted by atomic mass is 16.6. The number of carbonyl (C=O) groups is 2. The molecule has 2 N–H and O–H groups in total. The lowest BCUT2D eigenvalue weighted by atomic mass is 9.94. The zero-order chi connectivity index (χ0) is 27.0. The Balaban J connectivity index is 1.58. The van der Waals surface area contributed by atoms with Gasteiger partial charge >= 0.3 is 0 Å². The molecule has 2 heterocycles. The Labute approximate surface area is 218 Å². The van der Waals surface area contributed by atoms with Crippen LogP contribution in [0.2, 0.25) is 0 Å². The molecule has 1 aromatic heterocycles. The van der Waals surface area contributed by atoms with E-state index in [4.69, 9.17) is 4.74 Å². The van der Waals surface area contributed by atoms with Crippen molar-refractivity contribution in [2.75, 3.05) is 13.7 Å². The summed E-state index contributed by atoms with van der Waals surface area (Å²) in [5, 5.41) is 23.6. The first-order valence-electron chi connectivity index (χ1n) is 12.0. The maximum atomic E-state index is 13.3. The number of H-pyrrole nitrogens is 1. The lowest BCUT2D eigenvalue weighted by Gasteiger charge is -2.25. The molecule has 0 bridgehead atoms. The normalized spacial score (nSPS) is 16.8. The van der Waals surface area contributed by atoms with Crippen molar-refractivity contribution < 1.29 is 24.4 Å². The second kappa shape index (κ2) is 9.85. The number of rotatable bonds is 7. The van der Waals surface area contributed by atoms with Crippen LogP contribution in [-0.2, 0) is 16.0 Å². The summed E-state index contributed by atoms with van der Waals surface area (Å²) in [6, 6.07) is 17.4. The van der Waals surface area contributed by atoms with E-state index in [1.54, 1.807) is 37.4 Å². The number of ether oxygens (including phenoxy) is 1. The van der Waals surface area contributed by atoms with Gasteiger partial charge in [0.1, 0.15) is 11.5 Å². The van der Waals surface area contributed by atoms with Crippen LogP contribution in [0.5, 0.6) is 5.75 Å². The number of benzene rings is 3. The van der Waals surface area contributed by atoms with Crippen molar-refractivity contribution in [3.8, 4) is 5.75 Å². The third kappa shape index (κ3) is 4.39. The number of likely N-dealkylation sites (tertiary alicyclic amines) is 1. The van der Waals surface area contributed by atoms with Gasteiger partial charge in [0.2, 0.25) is 0 Å². The van der Waals surface area contributed by atoms with Gasteiger partial charge in [-0.3, -0.25) is 19.7 Å². The first-order chi connectivity index (χ1) is 18.3. The molecule has 5 rings (SSSR count). The van der Waals surface area contributed by atoms with Crippen molar-refractivity contribution >= 4 is 34.0 Å². The summed E-state index contributed by atoms with van der Waals surface area (Å²) in [4.78, 5) is 42.1. The van der Waals surface area contributed by atoms with E-state index in [1.165, 1.54) is 23.1 Å². The highest BCUT2D eigenvalue weighted by Crippen LogP contribution is 2.40. The number of hydrogen-bond acceptors (Lipinski definition) is 6. The van der Waals surface area contributed by atoms with Crippen LogP contribution in [0.25, 0.3) is 16.7 Å².